The van der Waals surface area contributed by atoms with Crippen LogP contribution in [0.2, 0.25) is 0 Å². The summed E-state index contributed by atoms with van der Waals surface area (Å²) in [6.45, 7) is 0. The van der Waals surface area contributed by atoms with Crippen LogP contribution < -0.4 is 0 Å². The Morgan fingerprint density at radius 2 is 1.93 bits per heavy atom. The zero-order chi connectivity index (χ0) is 10.7. The molecule has 0 aliphatic heterocycles. The highest BCUT2D eigenvalue weighted by atomic mass is 32.1. The fourth-order valence-corrected chi connectivity index (χ4v) is 2.32. The minimum Gasteiger partial charge on any atom is -0.371 e. The first kappa shape index (κ1) is 10.3. The van der Waals surface area contributed by atoms with E-state index in [1.54, 1.807) is 30.6 Å². The number of hydrogen-bond donors (Lipinski definition) is 0. The summed E-state index contributed by atoms with van der Waals surface area (Å²) in [5.41, 5.74) is 0.973. The second kappa shape index (κ2) is 4.55. The number of ether oxygens (including phenoxy) is 1. The fourth-order valence-electron chi connectivity index (χ4n) is 1.49. The molecule has 1 unspecified atom stereocenters. The Morgan fingerprint density at radius 1 is 1.20 bits per heavy atom. The van der Waals surface area contributed by atoms with E-state index in [2.05, 4.69) is 0 Å². The van der Waals surface area contributed by atoms with Crippen LogP contribution in [-0.4, -0.2) is 7.11 Å². The molecule has 1 aromatic carbocycles. The van der Waals surface area contributed by atoms with Crippen LogP contribution in [0.15, 0.2) is 41.8 Å². The highest BCUT2D eigenvalue weighted by Gasteiger charge is 2.13. The molecule has 0 aliphatic rings. The van der Waals surface area contributed by atoms with E-state index in [4.69, 9.17) is 4.74 Å². The van der Waals surface area contributed by atoms with Crippen LogP contribution in [0.4, 0.5) is 4.39 Å². The predicted octanol–water partition coefficient (Wildman–Crippen LogP) is 3.62. The molecule has 3 heteroatoms. The molecule has 0 spiro atoms. The van der Waals surface area contributed by atoms with E-state index in [0.29, 0.717) is 0 Å². The Labute approximate surface area is 92.1 Å². The number of benzene rings is 1. The Morgan fingerprint density at radius 3 is 2.47 bits per heavy atom. The number of hydrogen-bond acceptors (Lipinski definition) is 2. The number of halogens is 1. The van der Waals surface area contributed by atoms with E-state index in [9.17, 15) is 4.39 Å². The summed E-state index contributed by atoms with van der Waals surface area (Å²) in [6.07, 6.45) is -0.0920. The molecule has 0 aliphatic carbocycles. The molecule has 1 nitrogen and oxygen atoms in total. The first-order valence-electron chi connectivity index (χ1n) is 4.63. The smallest absolute Gasteiger partial charge is 0.123 e. The van der Waals surface area contributed by atoms with Crippen molar-refractivity contribution < 1.29 is 9.13 Å². The van der Waals surface area contributed by atoms with Crippen molar-refractivity contribution in [2.75, 3.05) is 7.11 Å². The molecule has 1 heterocycles. The van der Waals surface area contributed by atoms with Crippen LogP contribution in [0.1, 0.15) is 16.5 Å². The average molecular weight is 222 g/mol. The van der Waals surface area contributed by atoms with Crippen molar-refractivity contribution in [2.45, 2.75) is 6.10 Å². The summed E-state index contributed by atoms with van der Waals surface area (Å²) in [6, 6.07) is 10.4. The third-order valence-corrected chi connectivity index (χ3v) is 3.13. The molecule has 0 amide bonds. The van der Waals surface area contributed by atoms with Gasteiger partial charge in [0.2, 0.25) is 0 Å². The lowest BCUT2D eigenvalue weighted by Gasteiger charge is -2.13. The van der Waals surface area contributed by atoms with Crippen LogP contribution in [0.5, 0.6) is 0 Å². The lowest BCUT2D eigenvalue weighted by molar-refractivity contribution is 0.139. The van der Waals surface area contributed by atoms with E-state index >= 15 is 0 Å². The Bertz CT molecular complexity index is 408. The molecule has 0 radical (unpaired) electrons. The molecular weight excluding hydrogens is 211 g/mol. The molecule has 2 rings (SSSR count). The molecule has 0 bridgehead atoms. The normalized spacial score (nSPS) is 12.7. The van der Waals surface area contributed by atoms with E-state index in [0.717, 1.165) is 10.4 Å². The third kappa shape index (κ3) is 2.25. The van der Waals surface area contributed by atoms with Crippen molar-refractivity contribution in [1.82, 2.24) is 0 Å². The fraction of sp³-hybridized carbons (Fsp3) is 0.167. The number of rotatable bonds is 3. The summed E-state index contributed by atoms with van der Waals surface area (Å²) in [5.74, 6) is -0.222. The van der Waals surface area contributed by atoms with Crippen molar-refractivity contribution in [3.63, 3.8) is 0 Å². The molecule has 2 aromatic rings. The van der Waals surface area contributed by atoms with E-state index in [-0.39, 0.29) is 11.9 Å². The molecule has 78 valence electrons. The van der Waals surface area contributed by atoms with Crippen molar-refractivity contribution in [3.05, 3.63) is 58.0 Å². The summed E-state index contributed by atoms with van der Waals surface area (Å²) in [4.78, 5) is 1.13. The van der Waals surface area contributed by atoms with Gasteiger partial charge in [-0.2, -0.15) is 0 Å². The van der Waals surface area contributed by atoms with Gasteiger partial charge in [-0.1, -0.05) is 18.2 Å². The summed E-state index contributed by atoms with van der Waals surface area (Å²) in [5, 5.41) is 2.00. The maximum Gasteiger partial charge on any atom is 0.123 e. The highest BCUT2D eigenvalue weighted by molar-refractivity contribution is 7.10. The van der Waals surface area contributed by atoms with E-state index in [1.807, 2.05) is 17.5 Å². The molecule has 0 N–H and O–H groups in total. The molecule has 0 saturated heterocycles. The molecule has 1 atom stereocenters. The topological polar surface area (TPSA) is 9.23 Å². The van der Waals surface area contributed by atoms with Gasteiger partial charge in [0.05, 0.1) is 0 Å². The predicted molar refractivity (Wildman–Crippen MR) is 59.6 cm³/mol. The largest absolute Gasteiger partial charge is 0.371 e. The van der Waals surface area contributed by atoms with E-state index in [1.165, 1.54) is 12.1 Å². The lowest BCUT2D eigenvalue weighted by Crippen LogP contribution is -2.01. The second-order valence-corrected chi connectivity index (χ2v) is 4.16. The van der Waals surface area contributed by atoms with Gasteiger partial charge >= 0.3 is 0 Å². The number of methoxy groups -OCH3 is 1. The van der Waals surface area contributed by atoms with Gasteiger partial charge in [-0.05, 0) is 29.1 Å². The monoisotopic (exact) mass is 222 g/mol. The van der Waals surface area contributed by atoms with Crippen LogP contribution in [0.3, 0.4) is 0 Å². The first-order chi connectivity index (χ1) is 7.31. The van der Waals surface area contributed by atoms with Gasteiger partial charge in [-0.15, -0.1) is 11.3 Å². The minimum atomic E-state index is -0.222. The standard InChI is InChI=1S/C12H11FOS/c1-14-12(11-3-2-8-15-11)9-4-6-10(13)7-5-9/h2-8,12H,1H3. The lowest BCUT2D eigenvalue weighted by atomic mass is 10.1. The Balaban J connectivity index is 2.31. The zero-order valence-corrected chi connectivity index (χ0v) is 9.13. The molecule has 0 saturated carbocycles. The summed E-state index contributed by atoms with van der Waals surface area (Å²) in [7, 11) is 1.66. The molecule has 0 fully saturated rings. The van der Waals surface area contributed by atoms with Crippen LogP contribution >= 0.6 is 11.3 Å². The van der Waals surface area contributed by atoms with Gasteiger partial charge in [0.1, 0.15) is 11.9 Å². The molecular formula is C12H11FOS. The maximum absolute atomic E-state index is 12.8. The summed E-state index contributed by atoms with van der Waals surface area (Å²) >= 11 is 1.64. The molecule has 15 heavy (non-hydrogen) atoms. The van der Waals surface area contributed by atoms with Crippen molar-refractivity contribution >= 4 is 11.3 Å². The third-order valence-electron chi connectivity index (χ3n) is 2.21. The maximum atomic E-state index is 12.8. The first-order valence-corrected chi connectivity index (χ1v) is 5.51. The average Bonchev–Trinajstić information content (AvgIpc) is 2.75. The van der Waals surface area contributed by atoms with Gasteiger partial charge in [0, 0.05) is 12.0 Å². The van der Waals surface area contributed by atoms with Crippen LogP contribution in [0, 0.1) is 5.82 Å². The van der Waals surface area contributed by atoms with Gasteiger partial charge in [0.25, 0.3) is 0 Å². The van der Waals surface area contributed by atoms with Gasteiger partial charge in [0.15, 0.2) is 0 Å². The SMILES string of the molecule is COC(c1ccc(F)cc1)c1cccs1. The zero-order valence-electron chi connectivity index (χ0n) is 8.31. The van der Waals surface area contributed by atoms with Gasteiger partial charge < -0.3 is 4.74 Å². The highest BCUT2D eigenvalue weighted by Crippen LogP contribution is 2.28. The van der Waals surface area contributed by atoms with Crippen LogP contribution in [0.25, 0.3) is 0 Å². The van der Waals surface area contributed by atoms with Gasteiger partial charge in [-0.25, -0.2) is 4.39 Å². The Hall–Kier alpha value is -1.19. The summed E-state index contributed by atoms with van der Waals surface area (Å²) < 4.78 is 18.2. The Kier molecular flexibility index (Phi) is 3.14. The van der Waals surface area contributed by atoms with Crippen LogP contribution in [-0.2, 0) is 4.74 Å². The van der Waals surface area contributed by atoms with Crippen molar-refractivity contribution in [2.24, 2.45) is 0 Å². The van der Waals surface area contributed by atoms with Gasteiger partial charge in [-0.3, -0.25) is 0 Å². The van der Waals surface area contributed by atoms with E-state index < -0.39 is 0 Å². The minimum absolute atomic E-state index is 0.0920. The van der Waals surface area contributed by atoms with Crippen molar-refractivity contribution in [3.8, 4) is 0 Å². The number of thiophene rings is 1. The molecule has 1 aromatic heterocycles. The second-order valence-electron chi connectivity index (χ2n) is 3.18. The van der Waals surface area contributed by atoms with Crippen molar-refractivity contribution in [1.29, 1.82) is 0 Å². The quantitative estimate of drug-likeness (QED) is 0.770.